The van der Waals surface area contributed by atoms with Crippen molar-refractivity contribution >= 4 is 11.6 Å². The Balaban J connectivity index is 1.89. The molecular formula is C17H14N6O. The third kappa shape index (κ3) is 2.23. The Kier molecular flexibility index (Phi) is 3.31. The molecule has 0 bridgehead atoms. The fourth-order valence-corrected chi connectivity index (χ4v) is 2.81. The second kappa shape index (κ2) is 5.62. The molecule has 2 N–H and O–H groups in total. The smallest absolute Gasteiger partial charge is 0.245 e. The van der Waals surface area contributed by atoms with Crippen molar-refractivity contribution in [2.45, 2.75) is 6.04 Å². The highest BCUT2D eigenvalue weighted by molar-refractivity contribution is 5.83. The number of imidazole rings is 1. The lowest BCUT2D eigenvalue weighted by atomic mass is 10.1. The van der Waals surface area contributed by atoms with Crippen LogP contribution in [0.4, 0.5) is 0 Å². The van der Waals surface area contributed by atoms with E-state index in [1.807, 2.05) is 36.5 Å². The van der Waals surface area contributed by atoms with Gasteiger partial charge in [0.25, 0.3) is 0 Å². The number of hydrogen-bond acceptors (Lipinski definition) is 4. The maximum Gasteiger partial charge on any atom is 0.245 e. The molecule has 24 heavy (non-hydrogen) atoms. The minimum atomic E-state index is -0.651. The summed E-state index contributed by atoms with van der Waals surface area (Å²) in [6.45, 7) is 0. The molecular weight excluding hydrogens is 304 g/mol. The summed E-state index contributed by atoms with van der Waals surface area (Å²) in [4.78, 5) is 20.9. The lowest BCUT2D eigenvalue weighted by Gasteiger charge is -2.17. The molecule has 1 aromatic carbocycles. The summed E-state index contributed by atoms with van der Waals surface area (Å²) in [5.74, 6) is 0.140. The first-order valence-corrected chi connectivity index (χ1v) is 7.41. The van der Waals surface area contributed by atoms with Gasteiger partial charge in [-0.05, 0) is 11.6 Å². The molecule has 0 saturated heterocycles. The van der Waals surface area contributed by atoms with Crippen molar-refractivity contribution in [3.63, 3.8) is 0 Å². The van der Waals surface area contributed by atoms with Gasteiger partial charge in [-0.1, -0.05) is 30.3 Å². The second-order valence-electron chi connectivity index (χ2n) is 5.32. The average molecular weight is 318 g/mol. The lowest BCUT2D eigenvalue weighted by Crippen LogP contribution is -2.27. The van der Waals surface area contributed by atoms with Crippen LogP contribution >= 0.6 is 0 Å². The highest BCUT2D eigenvalue weighted by Gasteiger charge is 2.24. The topological polar surface area (TPSA) is 91.1 Å². The number of amides is 1. The zero-order chi connectivity index (χ0) is 16.5. The van der Waals surface area contributed by atoms with Crippen molar-refractivity contribution < 1.29 is 4.79 Å². The first-order valence-electron chi connectivity index (χ1n) is 7.41. The molecule has 1 unspecified atom stereocenters. The van der Waals surface area contributed by atoms with E-state index in [4.69, 9.17) is 5.73 Å². The minimum absolute atomic E-state index is 0.454. The standard InChI is InChI=1S/C17H14N6O/c18-15(24)14(12-5-2-1-3-6-12)22-10-8-20-16(22)13-11-21-23-9-4-7-19-17(13)23/h1-11,14H,(H2,18,24). The molecule has 7 nitrogen and oxygen atoms in total. The van der Waals surface area contributed by atoms with E-state index in [9.17, 15) is 4.79 Å². The van der Waals surface area contributed by atoms with Gasteiger partial charge in [-0.2, -0.15) is 5.10 Å². The van der Waals surface area contributed by atoms with Crippen LogP contribution in [0.3, 0.4) is 0 Å². The molecule has 0 aliphatic rings. The predicted molar refractivity (Wildman–Crippen MR) is 88.0 cm³/mol. The first kappa shape index (κ1) is 14.1. The van der Waals surface area contributed by atoms with Gasteiger partial charge in [0.1, 0.15) is 11.9 Å². The van der Waals surface area contributed by atoms with Gasteiger partial charge >= 0.3 is 0 Å². The zero-order valence-electron chi connectivity index (χ0n) is 12.6. The lowest BCUT2D eigenvalue weighted by molar-refractivity contribution is -0.120. The van der Waals surface area contributed by atoms with Gasteiger partial charge in [0.05, 0.1) is 11.8 Å². The number of aromatic nitrogens is 5. The Morgan fingerprint density at radius 2 is 1.88 bits per heavy atom. The summed E-state index contributed by atoms with van der Waals surface area (Å²) in [5.41, 5.74) is 7.88. The Bertz CT molecular complexity index is 1000. The van der Waals surface area contributed by atoms with Crippen molar-refractivity contribution in [1.29, 1.82) is 0 Å². The number of hydrogen-bond donors (Lipinski definition) is 1. The molecule has 4 rings (SSSR count). The molecule has 0 fully saturated rings. The van der Waals surface area contributed by atoms with Gasteiger partial charge in [0.2, 0.25) is 5.91 Å². The van der Waals surface area contributed by atoms with E-state index in [1.165, 1.54) is 0 Å². The van der Waals surface area contributed by atoms with E-state index in [1.54, 1.807) is 39.9 Å². The molecule has 0 aliphatic carbocycles. The van der Waals surface area contributed by atoms with E-state index in [2.05, 4.69) is 15.1 Å². The van der Waals surface area contributed by atoms with E-state index in [0.717, 1.165) is 11.1 Å². The van der Waals surface area contributed by atoms with Crippen LogP contribution in [0.2, 0.25) is 0 Å². The minimum Gasteiger partial charge on any atom is -0.368 e. The Morgan fingerprint density at radius 3 is 2.67 bits per heavy atom. The van der Waals surface area contributed by atoms with Crippen LogP contribution in [0, 0.1) is 0 Å². The van der Waals surface area contributed by atoms with Crippen molar-refractivity contribution in [3.05, 3.63) is 72.9 Å². The van der Waals surface area contributed by atoms with Gasteiger partial charge in [0.15, 0.2) is 5.65 Å². The maximum absolute atomic E-state index is 12.1. The predicted octanol–water partition coefficient (Wildman–Crippen LogP) is 1.67. The van der Waals surface area contributed by atoms with Gasteiger partial charge in [-0.3, -0.25) is 4.79 Å². The number of primary amides is 1. The molecule has 0 radical (unpaired) electrons. The molecule has 1 atom stereocenters. The largest absolute Gasteiger partial charge is 0.368 e. The third-order valence-corrected chi connectivity index (χ3v) is 3.85. The molecule has 0 saturated carbocycles. The van der Waals surface area contributed by atoms with Crippen LogP contribution < -0.4 is 5.73 Å². The number of carbonyl (C=O) groups excluding carboxylic acids is 1. The molecule has 118 valence electrons. The van der Waals surface area contributed by atoms with Crippen molar-refractivity contribution in [1.82, 2.24) is 24.1 Å². The molecule has 1 amide bonds. The summed E-state index contributed by atoms with van der Waals surface area (Å²) in [5, 5.41) is 4.28. The summed E-state index contributed by atoms with van der Waals surface area (Å²) >= 11 is 0. The number of benzene rings is 1. The molecule has 0 spiro atoms. The van der Waals surface area contributed by atoms with Crippen molar-refractivity contribution in [2.75, 3.05) is 0 Å². The maximum atomic E-state index is 12.1. The number of nitrogens with zero attached hydrogens (tertiary/aromatic N) is 5. The Labute approximate surface area is 137 Å². The van der Waals surface area contributed by atoms with Crippen LogP contribution in [-0.4, -0.2) is 30.1 Å². The van der Waals surface area contributed by atoms with E-state index < -0.39 is 11.9 Å². The number of fused-ring (bicyclic) bond motifs is 1. The van der Waals surface area contributed by atoms with E-state index in [-0.39, 0.29) is 0 Å². The Morgan fingerprint density at radius 1 is 1.04 bits per heavy atom. The molecule has 3 heterocycles. The normalized spacial score (nSPS) is 12.3. The summed E-state index contributed by atoms with van der Waals surface area (Å²) in [6.07, 6.45) is 8.56. The van der Waals surface area contributed by atoms with Crippen LogP contribution in [0.15, 0.2) is 67.4 Å². The summed E-state index contributed by atoms with van der Waals surface area (Å²) < 4.78 is 3.42. The zero-order valence-corrected chi connectivity index (χ0v) is 12.6. The SMILES string of the molecule is NC(=O)C(c1ccccc1)n1ccnc1-c1cnn2cccnc12. The fourth-order valence-electron chi connectivity index (χ4n) is 2.81. The Hall–Kier alpha value is -3.48. The van der Waals surface area contributed by atoms with Gasteiger partial charge in [-0.15, -0.1) is 0 Å². The average Bonchev–Trinajstić information content (AvgIpc) is 3.22. The fraction of sp³-hybridized carbons (Fsp3) is 0.0588. The van der Waals surface area contributed by atoms with Gasteiger partial charge < -0.3 is 10.3 Å². The molecule has 0 aliphatic heterocycles. The quantitative estimate of drug-likeness (QED) is 0.619. The van der Waals surface area contributed by atoms with Crippen LogP contribution in [0.25, 0.3) is 17.0 Å². The van der Waals surface area contributed by atoms with Crippen LogP contribution in [0.1, 0.15) is 11.6 Å². The third-order valence-electron chi connectivity index (χ3n) is 3.85. The van der Waals surface area contributed by atoms with Crippen LogP contribution in [-0.2, 0) is 4.79 Å². The van der Waals surface area contributed by atoms with Gasteiger partial charge in [0, 0.05) is 24.8 Å². The number of rotatable bonds is 4. The first-order chi connectivity index (χ1) is 11.8. The summed E-state index contributed by atoms with van der Waals surface area (Å²) in [6, 6.07) is 10.5. The highest BCUT2D eigenvalue weighted by Crippen LogP contribution is 2.27. The van der Waals surface area contributed by atoms with Gasteiger partial charge in [-0.25, -0.2) is 14.5 Å². The summed E-state index contributed by atoms with van der Waals surface area (Å²) in [7, 11) is 0. The molecule has 7 heteroatoms. The highest BCUT2D eigenvalue weighted by atomic mass is 16.1. The van der Waals surface area contributed by atoms with Crippen molar-refractivity contribution in [3.8, 4) is 11.4 Å². The monoisotopic (exact) mass is 318 g/mol. The number of nitrogens with two attached hydrogens (primary N) is 1. The number of carbonyl (C=O) groups is 1. The van der Waals surface area contributed by atoms with E-state index >= 15 is 0 Å². The molecule has 3 aromatic heterocycles. The van der Waals surface area contributed by atoms with E-state index in [0.29, 0.717) is 11.5 Å². The van der Waals surface area contributed by atoms with Crippen molar-refractivity contribution in [2.24, 2.45) is 5.73 Å². The second-order valence-corrected chi connectivity index (χ2v) is 5.32. The van der Waals surface area contributed by atoms with Crippen LogP contribution in [0.5, 0.6) is 0 Å². The molecule has 4 aromatic rings.